The minimum absolute atomic E-state index is 0.385. The second kappa shape index (κ2) is 9.16. The van der Waals surface area contributed by atoms with Gasteiger partial charge in [0.15, 0.2) is 0 Å². The van der Waals surface area contributed by atoms with Crippen molar-refractivity contribution in [3.05, 3.63) is 96.4 Å². The number of anilines is 4. The highest BCUT2D eigenvalue weighted by molar-refractivity contribution is 5.83. The molecule has 160 valence electrons. The predicted octanol–water partition coefficient (Wildman–Crippen LogP) is 4.82. The number of benzene rings is 3. The number of nitrogens with zero attached hydrogens (tertiary/aromatic N) is 6. The van der Waals surface area contributed by atoms with Crippen molar-refractivity contribution in [1.82, 2.24) is 24.7 Å². The Morgan fingerprint density at radius 1 is 0.818 bits per heavy atom. The van der Waals surface area contributed by atoms with Crippen LogP contribution in [-0.2, 0) is 13.0 Å². The summed E-state index contributed by atoms with van der Waals surface area (Å²) in [5.41, 5.74) is 4.92. The van der Waals surface area contributed by atoms with Crippen LogP contribution in [0.25, 0.3) is 10.9 Å². The first kappa shape index (κ1) is 20.2. The summed E-state index contributed by atoms with van der Waals surface area (Å²) in [6, 6.07) is 26.0. The summed E-state index contributed by atoms with van der Waals surface area (Å²) < 4.78 is 1.99. The van der Waals surface area contributed by atoms with Crippen molar-refractivity contribution in [3.8, 4) is 6.07 Å². The van der Waals surface area contributed by atoms with Crippen LogP contribution in [0.4, 0.5) is 23.3 Å². The van der Waals surface area contributed by atoms with Crippen molar-refractivity contribution in [2.75, 3.05) is 10.6 Å². The first-order valence-electron chi connectivity index (χ1n) is 10.5. The Bertz CT molecular complexity index is 1420. The average Bonchev–Trinajstić information content (AvgIpc) is 3.23. The molecule has 3 aromatic carbocycles. The largest absolute Gasteiger partial charge is 0.324 e. The predicted molar refractivity (Wildman–Crippen MR) is 127 cm³/mol. The lowest BCUT2D eigenvalue weighted by Gasteiger charge is -2.08. The molecular weight excluding hydrogens is 412 g/mol. The molecule has 0 bridgehead atoms. The highest BCUT2D eigenvalue weighted by Crippen LogP contribution is 2.22. The van der Waals surface area contributed by atoms with Gasteiger partial charge in [0.1, 0.15) is 6.33 Å². The molecule has 0 fully saturated rings. The van der Waals surface area contributed by atoms with Gasteiger partial charge in [0.05, 0.1) is 30.7 Å². The number of nitriles is 1. The van der Waals surface area contributed by atoms with Gasteiger partial charge in [0.25, 0.3) is 0 Å². The lowest BCUT2D eigenvalue weighted by Crippen LogP contribution is -2.03. The first-order chi connectivity index (χ1) is 16.3. The van der Waals surface area contributed by atoms with Gasteiger partial charge >= 0.3 is 0 Å². The molecule has 0 unspecified atom stereocenters. The molecule has 0 saturated carbocycles. The summed E-state index contributed by atoms with van der Waals surface area (Å²) in [4.78, 5) is 12.9. The van der Waals surface area contributed by atoms with Gasteiger partial charge in [0, 0.05) is 16.8 Å². The number of aromatic nitrogens is 5. The Kier molecular flexibility index (Phi) is 5.59. The van der Waals surface area contributed by atoms with E-state index in [-0.39, 0.29) is 0 Å². The molecule has 0 atom stereocenters. The molecule has 8 nitrogen and oxygen atoms in total. The zero-order valence-electron chi connectivity index (χ0n) is 17.7. The van der Waals surface area contributed by atoms with Gasteiger partial charge in [-0.2, -0.15) is 15.3 Å². The topological polar surface area (TPSA) is 104 Å². The Balaban J connectivity index is 1.30. The quantitative estimate of drug-likeness (QED) is 0.380. The van der Waals surface area contributed by atoms with Gasteiger partial charge in [-0.05, 0) is 41.5 Å². The molecule has 0 aliphatic carbocycles. The summed E-state index contributed by atoms with van der Waals surface area (Å²) in [6.07, 6.45) is 3.70. The fourth-order valence-corrected chi connectivity index (χ4v) is 3.52. The van der Waals surface area contributed by atoms with E-state index >= 15 is 0 Å². The molecule has 0 amide bonds. The Labute approximate surface area is 190 Å². The lowest BCUT2D eigenvalue weighted by molar-refractivity contribution is 0.712. The van der Waals surface area contributed by atoms with Crippen LogP contribution in [0.15, 0.2) is 85.3 Å². The molecule has 0 aliphatic rings. The van der Waals surface area contributed by atoms with Crippen LogP contribution in [0.1, 0.15) is 11.1 Å². The van der Waals surface area contributed by atoms with Crippen LogP contribution in [0.2, 0.25) is 0 Å². The van der Waals surface area contributed by atoms with E-state index in [4.69, 9.17) is 5.26 Å². The third kappa shape index (κ3) is 4.78. The standard InChI is InChI=1S/C25H20N8/c26-13-12-18-6-8-21(9-7-18)30-24-27-17-28-25(32-24)31-22-10-11-23-20(14-22)15-29-33(23)16-19-4-2-1-3-5-19/h1-11,14-15,17H,12,16H2,(H2,27,28,30,31,32). The summed E-state index contributed by atoms with van der Waals surface area (Å²) in [5, 5.41) is 20.7. The molecule has 0 radical (unpaired) electrons. The van der Waals surface area contributed by atoms with E-state index in [1.54, 1.807) is 0 Å². The molecule has 2 aromatic heterocycles. The number of nitrogens with one attached hydrogen (secondary N) is 2. The monoisotopic (exact) mass is 432 g/mol. The van der Waals surface area contributed by atoms with Crippen LogP contribution in [0, 0.1) is 11.3 Å². The SMILES string of the molecule is N#CCc1ccc(Nc2ncnc(Nc3ccc4c(cnn4Cc4ccccc4)c3)n2)cc1. The van der Waals surface area contributed by atoms with Gasteiger partial charge in [-0.15, -0.1) is 0 Å². The third-order valence-corrected chi connectivity index (χ3v) is 5.14. The van der Waals surface area contributed by atoms with Crippen molar-refractivity contribution in [2.24, 2.45) is 0 Å². The highest BCUT2D eigenvalue weighted by Gasteiger charge is 2.07. The molecular formula is C25H20N8. The lowest BCUT2D eigenvalue weighted by atomic mass is 10.1. The molecule has 8 heteroatoms. The van der Waals surface area contributed by atoms with Crippen LogP contribution < -0.4 is 10.6 Å². The fourth-order valence-electron chi connectivity index (χ4n) is 3.52. The molecule has 0 aliphatic heterocycles. The second-order valence-corrected chi connectivity index (χ2v) is 7.48. The molecule has 5 rings (SSSR count). The Morgan fingerprint density at radius 3 is 2.30 bits per heavy atom. The Hall–Kier alpha value is -4.77. The van der Waals surface area contributed by atoms with Crippen LogP contribution >= 0.6 is 0 Å². The minimum Gasteiger partial charge on any atom is -0.324 e. The van der Waals surface area contributed by atoms with Crippen LogP contribution in [0.5, 0.6) is 0 Å². The third-order valence-electron chi connectivity index (χ3n) is 5.14. The molecule has 0 saturated heterocycles. The van der Waals surface area contributed by atoms with Gasteiger partial charge in [-0.1, -0.05) is 42.5 Å². The van der Waals surface area contributed by atoms with Crippen molar-refractivity contribution in [1.29, 1.82) is 5.26 Å². The maximum Gasteiger partial charge on any atom is 0.232 e. The summed E-state index contributed by atoms with van der Waals surface area (Å²) in [7, 11) is 0. The summed E-state index contributed by atoms with van der Waals surface area (Å²) >= 11 is 0. The highest BCUT2D eigenvalue weighted by atomic mass is 15.3. The molecule has 2 heterocycles. The molecule has 0 spiro atoms. The normalized spacial score (nSPS) is 10.6. The fraction of sp³-hybridized carbons (Fsp3) is 0.0800. The molecule has 2 N–H and O–H groups in total. The van der Waals surface area contributed by atoms with E-state index < -0.39 is 0 Å². The van der Waals surface area contributed by atoms with Crippen LogP contribution in [-0.4, -0.2) is 24.7 Å². The number of fused-ring (bicyclic) bond motifs is 1. The van der Waals surface area contributed by atoms with Crippen molar-refractivity contribution in [2.45, 2.75) is 13.0 Å². The van der Waals surface area contributed by atoms with E-state index in [0.29, 0.717) is 18.3 Å². The number of hydrogen-bond donors (Lipinski definition) is 2. The van der Waals surface area contributed by atoms with Gasteiger partial charge < -0.3 is 10.6 Å². The van der Waals surface area contributed by atoms with Crippen molar-refractivity contribution >= 4 is 34.2 Å². The maximum absolute atomic E-state index is 8.79. The first-order valence-corrected chi connectivity index (χ1v) is 10.5. The zero-order valence-corrected chi connectivity index (χ0v) is 17.7. The number of hydrogen-bond acceptors (Lipinski definition) is 7. The maximum atomic E-state index is 8.79. The average molecular weight is 432 g/mol. The van der Waals surface area contributed by atoms with Crippen molar-refractivity contribution in [3.63, 3.8) is 0 Å². The van der Waals surface area contributed by atoms with Gasteiger partial charge in [-0.3, -0.25) is 4.68 Å². The van der Waals surface area contributed by atoms with E-state index in [1.165, 1.54) is 11.9 Å². The van der Waals surface area contributed by atoms with E-state index in [2.05, 4.69) is 48.9 Å². The smallest absolute Gasteiger partial charge is 0.232 e. The van der Waals surface area contributed by atoms with Gasteiger partial charge in [0.2, 0.25) is 11.9 Å². The number of rotatable bonds is 7. The zero-order chi connectivity index (χ0) is 22.5. The molecule has 33 heavy (non-hydrogen) atoms. The minimum atomic E-state index is 0.385. The summed E-state index contributed by atoms with van der Waals surface area (Å²) in [6.45, 7) is 0.719. The van der Waals surface area contributed by atoms with E-state index in [0.717, 1.165) is 34.4 Å². The van der Waals surface area contributed by atoms with Crippen LogP contribution in [0.3, 0.4) is 0 Å². The second-order valence-electron chi connectivity index (χ2n) is 7.48. The Morgan fingerprint density at radius 2 is 1.55 bits per heavy atom. The molecule has 5 aromatic rings. The van der Waals surface area contributed by atoms with E-state index in [1.807, 2.05) is 71.5 Å². The van der Waals surface area contributed by atoms with Gasteiger partial charge in [-0.25, -0.2) is 9.97 Å². The van der Waals surface area contributed by atoms with E-state index in [9.17, 15) is 0 Å². The summed E-state index contributed by atoms with van der Waals surface area (Å²) in [5.74, 6) is 0.863. The van der Waals surface area contributed by atoms with Crippen molar-refractivity contribution < 1.29 is 0 Å².